The number of fused-ring (bicyclic) bond motifs is 2. The lowest BCUT2D eigenvalue weighted by atomic mass is 10.1. The zero-order chi connectivity index (χ0) is 23.3. The van der Waals surface area contributed by atoms with Gasteiger partial charge in [-0.05, 0) is 36.8 Å². The van der Waals surface area contributed by atoms with Crippen LogP contribution in [0.15, 0.2) is 60.7 Å². The molecule has 0 aliphatic rings. The number of rotatable bonds is 4. The van der Waals surface area contributed by atoms with Crippen LogP contribution in [0, 0.1) is 33.0 Å². The first-order chi connectivity index (χ1) is 15.8. The number of nitro groups is 2. The summed E-state index contributed by atoms with van der Waals surface area (Å²) in [6.45, 7) is 1.61. The minimum Gasteiger partial charge on any atom is -0.275 e. The predicted octanol–water partition coefficient (Wildman–Crippen LogP) is 4.90. The number of benzene rings is 3. The molecule has 0 spiro atoms. The summed E-state index contributed by atoms with van der Waals surface area (Å²) in [5.41, 5.74) is 1.54. The van der Waals surface area contributed by atoms with E-state index in [1.54, 1.807) is 43.3 Å². The third-order valence-electron chi connectivity index (χ3n) is 5.17. The molecule has 0 radical (unpaired) electrons. The Morgan fingerprint density at radius 1 is 0.848 bits per heavy atom. The van der Waals surface area contributed by atoms with Crippen LogP contribution < -0.4 is 0 Å². The summed E-state index contributed by atoms with van der Waals surface area (Å²) in [6, 6.07) is 14.8. The van der Waals surface area contributed by atoms with Gasteiger partial charge in [0.1, 0.15) is 11.6 Å². The fraction of sp³-hybridized carbons (Fsp3) is 0.0455. The second kappa shape index (κ2) is 7.41. The molecule has 3 aromatic carbocycles. The van der Waals surface area contributed by atoms with Gasteiger partial charge in [-0.1, -0.05) is 18.2 Å². The van der Waals surface area contributed by atoms with Crippen LogP contribution in [0.5, 0.6) is 0 Å². The lowest BCUT2D eigenvalue weighted by molar-refractivity contribution is -0.394. The van der Waals surface area contributed by atoms with Crippen molar-refractivity contribution in [2.24, 2.45) is 0 Å². The van der Waals surface area contributed by atoms with Crippen LogP contribution >= 0.6 is 0 Å². The third kappa shape index (κ3) is 3.41. The molecule has 0 unspecified atom stereocenters. The minimum absolute atomic E-state index is 0.0979. The van der Waals surface area contributed by atoms with Crippen LogP contribution in [0.4, 0.5) is 15.8 Å². The first-order valence-corrected chi connectivity index (χ1v) is 9.68. The highest BCUT2D eigenvalue weighted by Gasteiger charge is 2.23. The van der Waals surface area contributed by atoms with Gasteiger partial charge in [-0.2, -0.15) is 0 Å². The van der Waals surface area contributed by atoms with E-state index >= 15 is 0 Å². The van der Waals surface area contributed by atoms with Crippen molar-refractivity contribution in [1.29, 1.82) is 0 Å². The van der Waals surface area contributed by atoms with Crippen LogP contribution in [0.2, 0.25) is 0 Å². The fourth-order valence-corrected chi connectivity index (χ4v) is 3.55. The molecule has 5 rings (SSSR count). The Morgan fingerprint density at radius 3 is 2.09 bits per heavy atom. The van der Waals surface area contributed by atoms with E-state index in [4.69, 9.17) is 0 Å². The van der Waals surface area contributed by atoms with Gasteiger partial charge in [-0.25, -0.2) is 19.3 Å². The van der Waals surface area contributed by atoms with Crippen molar-refractivity contribution >= 4 is 33.7 Å². The molecule has 0 fully saturated rings. The number of nitrogens with zero attached hydrogens (tertiary/aromatic N) is 6. The van der Waals surface area contributed by atoms with Crippen LogP contribution in [-0.2, 0) is 0 Å². The van der Waals surface area contributed by atoms with Crippen molar-refractivity contribution in [3.8, 4) is 17.1 Å². The quantitative estimate of drug-likeness (QED) is 0.285. The number of non-ortho nitro benzene ring substituents is 2. The highest BCUT2D eigenvalue weighted by Crippen LogP contribution is 2.33. The Hall–Kier alpha value is -4.80. The Morgan fingerprint density at radius 2 is 1.48 bits per heavy atom. The van der Waals surface area contributed by atoms with E-state index in [2.05, 4.69) is 15.0 Å². The van der Waals surface area contributed by atoms with Gasteiger partial charge in [-0.3, -0.25) is 24.8 Å². The highest BCUT2D eigenvalue weighted by molar-refractivity contribution is 5.86. The normalized spacial score (nSPS) is 11.2. The second-order valence-corrected chi connectivity index (χ2v) is 7.32. The lowest BCUT2D eigenvalue weighted by Crippen LogP contribution is -2.02. The molecule has 0 saturated heterocycles. The number of para-hydroxylation sites is 2. The van der Waals surface area contributed by atoms with Gasteiger partial charge in [-0.15, -0.1) is 0 Å². The van der Waals surface area contributed by atoms with Crippen LogP contribution in [-0.4, -0.2) is 29.4 Å². The number of aromatic nitrogens is 4. The van der Waals surface area contributed by atoms with Crippen molar-refractivity contribution in [3.63, 3.8) is 0 Å². The number of nitro benzene ring substituents is 2. The summed E-state index contributed by atoms with van der Waals surface area (Å²) in [6.07, 6.45) is 0. The van der Waals surface area contributed by atoms with Gasteiger partial charge in [0.2, 0.25) is 0 Å². The van der Waals surface area contributed by atoms with E-state index < -0.39 is 27.0 Å². The summed E-state index contributed by atoms with van der Waals surface area (Å²) in [7, 11) is 0. The molecular weight excluding hydrogens is 431 g/mol. The molecule has 0 aliphatic carbocycles. The molecule has 162 valence electrons. The van der Waals surface area contributed by atoms with Crippen molar-refractivity contribution in [1.82, 2.24) is 19.5 Å². The number of aryl methyl sites for hydroxylation is 1. The fourth-order valence-electron chi connectivity index (χ4n) is 3.55. The monoisotopic (exact) mass is 444 g/mol. The Kier molecular flexibility index (Phi) is 4.52. The maximum atomic E-state index is 14.4. The molecular formula is C22H13FN6O4. The zero-order valence-corrected chi connectivity index (χ0v) is 17.0. The van der Waals surface area contributed by atoms with E-state index in [9.17, 15) is 24.6 Å². The van der Waals surface area contributed by atoms with Crippen LogP contribution in [0.1, 0.15) is 5.56 Å². The number of imidazole rings is 1. The van der Waals surface area contributed by atoms with Gasteiger partial charge in [0.15, 0.2) is 11.3 Å². The standard InChI is InChI=1S/C22H13FN6O4/c1-12-6-7-14(11-17(12)23)27-21(13-8-15(28(30)31)10-16(9-13)29(32)33)26-20-22(27)25-19-5-3-2-4-18(19)24-20/h2-11H,1H3. The van der Waals surface area contributed by atoms with Gasteiger partial charge in [0.05, 0.1) is 32.6 Å². The van der Waals surface area contributed by atoms with Gasteiger partial charge < -0.3 is 0 Å². The molecule has 33 heavy (non-hydrogen) atoms. The van der Waals surface area contributed by atoms with Crippen LogP contribution in [0.25, 0.3) is 39.4 Å². The van der Waals surface area contributed by atoms with E-state index in [0.717, 1.165) is 6.07 Å². The zero-order valence-electron chi connectivity index (χ0n) is 17.0. The molecule has 0 amide bonds. The maximum Gasteiger partial charge on any atom is 0.277 e. The molecule has 0 atom stereocenters. The third-order valence-corrected chi connectivity index (χ3v) is 5.17. The average Bonchev–Trinajstić information content (AvgIpc) is 3.17. The summed E-state index contributed by atoms with van der Waals surface area (Å²) in [4.78, 5) is 35.0. The van der Waals surface area contributed by atoms with E-state index in [1.165, 1.54) is 22.8 Å². The molecule has 0 saturated carbocycles. The molecule has 5 aromatic rings. The smallest absolute Gasteiger partial charge is 0.275 e. The molecule has 10 nitrogen and oxygen atoms in total. The Balaban J connectivity index is 1.89. The van der Waals surface area contributed by atoms with Gasteiger partial charge in [0.25, 0.3) is 11.4 Å². The van der Waals surface area contributed by atoms with E-state index in [0.29, 0.717) is 22.3 Å². The highest BCUT2D eigenvalue weighted by atomic mass is 19.1. The SMILES string of the molecule is Cc1ccc(-n2c(-c3cc([N+](=O)[O-])cc([N+](=O)[O-])c3)nc3nc4ccccc4nc32)cc1F. The maximum absolute atomic E-state index is 14.4. The largest absolute Gasteiger partial charge is 0.277 e. The lowest BCUT2D eigenvalue weighted by Gasteiger charge is -2.10. The number of hydrogen-bond acceptors (Lipinski definition) is 7. The summed E-state index contributed by atoms with van der Waals surface area (Å²) >= 11 is 0. The van der Waals surface area contributed by atoms with Gasteiger partial charge >= 0.3 is 0 Å². The number of hydrogen-bond donors (Lipinski definition) is 0. The van der Waals surface area contributed by atoms with Crippen molar-refractivity contribution in [2.75, 3.05) is 0 Å². The summed E-state index contributed by atoms with van der Waals surface area (Å²) < 4.78 is 15.9. The minimum atomic E-state index is -0.722. The molecule has 2 heterocycles. The number of halogens is 1. The molecule has 11 heteroatoms. The van der Waals surface area contributed by atoms with Crippen molar-refractivity contribution in [2.45, 2.75) is 6.92 Å². The summed E-state index contributed by atoms with van der Waals surface area (Å²) in [5.74, 6) is -0.366. The second-order valence-electron chi connectivity index (χ2n) is 7.32. The molecule has 2 aromatic heterocycles. The van der Waals surface area contributed by atoms with E-state index in [1.807, 2.05) is 0 Å². The average molecular weight is 444 g/mol. The van der Waals surface area contributed by atoms with Crippen molar-refractivity contribution < 1.29 is 14.2 Å². The first kappa shape index (κ1) is 20.1. The Bertz CT molecular complexity index is 1580. The topological polar surface area (TPSA) is 130 Å². The molecule has 0 bridgehead atoms. The summed E-state index contributed by atoms with van der Waals surface area (Å²) in [5, 5.41) is 22.8. The molecule has 0 aliphatic heterocycles. The molecule has 0 N–H and O–H groups in total. The van der Waals surface area contributed by atoms with E-state index in [-0.39, 0.29) is 22.7 Å². The van der Waals surface area contributed by atoms with Gasteiger partial charge in [0, 0.05) is 17.7 Å². The van der Waals surface area contributed by atoms with Crippen LogP contribution in [0.3, 0.4) is 0 Å². The first-order valence-electron chi connectivity index (χ1n) is 9.68. The van der Waals surface area contributed by atoms with Crippen molar-refractivity contribution in [3.05, 3.63) is 92.3 Å². The predicted molar refractivity (Wildman–Crippen MR) is 118 cm³/mol. The Labute approximate surface area is 184 Å².